The summed E-state index contributed by atoms with van der Waals surface area (Å²) < 4.78 is 35.7. The predicted molar refractivity (Wildman–Crippen MR) is 159 cm³/mol. The number of hydrogen-bond acceptors (Lipinski definition) is 5. The van der Waals surface area contributed by atoms with Gasteiger partial charge in [0.2, 0.25) is 5.91 Å². The maximum Gasteiger partial charge on any atom is 0.256 e. The van der Waals surface area contributed by atoms with Gasteiger partial charge in [-0.25, -0.2) is 8.78 Å². The summed E-state index contributed by atoms with van der Waals surface area (Å²) in [5.41, 5.74) is 0.929. The first-order chi connectivity index (χ1) is 20.8. The number of aromatic nitrogens is 1. The number of alkyl halides is 1. The predicted octanol–water partition coefficient (Wildman–Crippen LogP) is 4.27. The van der Waals surface area contributed by atoms with Crippen LogP contribution in [0.15, 0.2) is 42.5 Å². The zero-order valence-electron chi connectivity index (χ0n) is 23.8. The average molecular weight is 613 g/mol. The minimum absolute atomic E-state index is 0.169. The molecule has 4 heterocycles. The van der Waals surface area contributed by atoms with Crippen molar-refractivity contribution in [3.05, 3.63) is 70.1 Å². The first-order valence-electron chi connectivity index (χ1n) is 14.9. The molecule has 2 amide bonds. The molecule has 0 unspecified atom stereocenters. The number of ether oxygens (including phenoxy) is 1. The molecule has 6 rings (SSSR count). The van der Waals surface area contributed by atoms with Crippen LogP contribution in [0, 0.1) is 11.7 Å². The van der Waals surface area contributed by atoms with Crippen molar-refractivity contribution in [1.29, 1.82) is 0 Å². The third-order valence-corrected chi connectivity index (χ3v) is 9.60. The molecule has 11 heteroatoms. The van der Waals surface area contributed by atoms with Crippen LogP contribution < -0.4 is 10.6 Å². The molecule has 8 nitrogen and oxygen atoms in total. The molecule has 2 atom stereocenters. The molecular formula is C32H35ClF2N4O4. The van der Waals surface area contributed by atoms with Gasteiger partial charge in [0.05, 0.1) is 22.7 Å². The van der Waals surface area contributed by atoms with Gasteiger partial charge in [0.15, 0.2) is 6.29 Å². The summed E-state index contributed by atoms with van der Waals surface area (Å²) in [6, 6.07) is 10.5. The molecule has 3 saturated heterocycles. The number of benzene rings is 2. The number of piperidine rings is 1. The zero-order valence-corrected chi connectivity index (χ0v) is 24.5. The summed E-state index contributed by atoms with van der Waals surface area (Å²) >= 11 is 6.37. The van der Waals surface area contributed by atoms with E-state index < -0.39 is 23.4 Å². The van der Waals surface area contributed by atoms with E-state index in [9.17, 15) is 23.2 Å². The Morgan fingerprint density at radius 1 is 1.09 bits per heavy atom. The fraction of sp³-hybridized carbons (Fsp3) is 0.469. The molecule has 2 N–H and O–H groups in total. The van der Waals surface area contributed by atoms with E-state index >= 15 is 0 Å². The zero-order chi connectivity index (χ0) is 30.1. The van der Waals surface area contributed by atoms with Gasteiger partial charge in [-0.15, -0.1) is 0 Å². The number of halogens is 3. The van der Waals surface area contributed by atoms with Crippen LogP contribution in [0.4, 0.5) is 8.78 Å². The Hall–Kier alpha value is -3.34. The fourth-order valence-corrected chi connectivity index (χ4v) is 7.01. The molecule has 3 aromatic rings. The summed E-state index contributed by atoms with van der Waals surface area (Å²) in [5, 5.41) is 6.89. The largest absolute Gasteiger partial charge is 0.381 e. The molecule has 2 aromatic carbocycles. The van der Waals surface area contributed by atoms with Crippen LogP contribution in [-0.2, 0) is 21.5 Å². The van der Waals surface area contributed by atoms with Crippen LogP contribution in [0.2, 0.25) is 5.02 Å². The van der Waals surface area contributed by atoms with Gasteiger partial charge in [-0.3, -0.25) is 14.4 Å². The topological polar surface area (TPSA) is 92.7 Å². The molecule has 43 heavy (non-hydrogen) atoms. The summed E-state index contributed by atoms with van der Waals surface area (Å²) in [6.07, 6.45) is 1.78. The standard InChI is InChI=1S/C32H35ClF2N4O4/c33-22-3-6-27-24(15-22)29(28(19-40)39(27)18-20-7-13-43-14-8-20)30(41)38-11-9-32(10-12-38,21-1-4-23(34)5-2-21)31(42)37-26-17-36-16-25(26)35/h1-6,15,19-20,25-26,36H,7-14,16-18H2,(H,37,42)/t25-,26+/m1/s1. The van der Waals surface area contributed by atoms with E-state index in [0.717, 1.165) is 24.6 Å². The van der Waals surface area contributed by atoms with Crippen molar-refractivity contribution in [3.8, 4) is 0 Å². The Bertz CT molecular complexity index is 1510. The highest BCUT2D eigenvalue weighted by Crippen LogP contribution is 2.38. The van der Waals surface area contributed by atoms with E-state index in [0.29, 0.717) is 59.5 Å². The van der Waals surface area contributed by atoms with Gasteiger partial charge in [-0.2, -0.15) is 0 Å². The van der Waals surface area contributed by atoms with Gasteiger partial charge >= 0.3 is 0 Å². The molecule has 3 aliphatic rings. The first-order valence-corrected chi connectivity index (χ1v) is 15.2. The van der Waals surface area contributed by atoms with Crippen molar-refractivity contribution in [2.45, 2.75) is 49.9 Å². The Morgan fingerprint density at radius 2 is 1.81 bits per heavy atom. The number of aldehydes is 1. The maximum atomic E-state index is 14.4. The van der Waals surface area contributed by atoms with E-state index in [2.05, 4.69) is 10.6 Å². The fourth-order valence-electron chi connectivity index (χ4n) is 6.84. The molecule has 3 aliphatic heterocycles. The van der Waals surface area contributed by atoms with Crippen LogP contribution in [0.1, 0.15) is 52.1 Å². The molecule has 228 valence electrons. The highest BCUT2D eigenvalue weighted by Gasteiger charge is 2.46. The quantitative estimate of drug-likeness (QED) is 0.389. The number of nitrogens with one attached hydrogen (secondary N) is 2. The highest BCUT2D eigenvalue weighted by atomic mass is 35.5. The normalized spacial score (nSPS) is 22.5. The van der Waals surface area contributed by atoms with E-state index in [1.54, 1.807) is 29.2 Å². The van der Waals surface area contributed by atoms with Crippen molar-refractivity contribution in [3.63, 3.8) is 0 Å². The van der Waals surface area contributed by atoms with E-state index in [1.807, 2.05) is 10.6 Å². The number of nitrogens with zero attached hydrogens (tertiary/aromatic N) is 2. The van der Waals surface area contributed by atoms with E-state index in [-0.39, 0.29) is 44.3 Å². The molecule has 0 aliphatic carbocycles. The molecule has 0 saturated carbocycles. The van der Waals surface area contributed by atoms with Crippen molar-refractivity contribution in [2.75, 3.05) is 39.4 Å². The molecule has 0 spiro atoms. The molecule has 0 radical (unpaired) electrons. The Balaban J connectivity index is 1.30. The Labute approximate surface area is 253 Å². The van der Waals surface area contributed by atoms with Gasteiger partial charge < -0.3 is 24.8 Å². The lowest BCUT2D eigenvalue weighted by Gasteiger charge is -2.41. The SMILES string of the molecule is O=Cc1c(C(=O)N2CCC(C(=O)N[C@H]3CNC[C@H]3F)(c3ccc(F)cc3)CC2)c2cc(Cl)ccc2n1CC1CCOCC1. The van der Waals surface area contributed by atoms with Gasteiger partial charge in [-0.05, 0) is 67.5 Å². The third kappa shape index (κ3) is 5.68. The lowest BCUT2D eigenvalue weighted by molar-refractivity contribution is -0.129. The summed E-state index contributed by atoms with van der Waals surface area (Å²) in [4.78, 5) is 42.2. The van der Waals surface area contributed by atoms with E-state index in [1.165, 1.54) is 12.1 Å². The minimum Gasteiger partial charge on any atom is -0.381 e. The minimum atomic E-state index is -1.21. The van der Waals surface area contributed by atoms with Crippen LogP contribution in [0.5, 0.6) is 0 Å². The number of carbonyl (C=O) groups is 3. The molecular weight excluding hydrogens is 578 g/mol. The van der Waals surface area contributed by atoms with Gasteiger partial charge in [0, 0.05) is 61.9 Å². The van der Waals surface area contributed by atoms with Crippen molar-refractivity contribution >= 4 is 40.6 Å². The first kappa shape index (κ1) is 29.7. The number of carbonyl (C=O) groups excluding carboxylic acids is 3. The lowest BCUT2D eigenvalue weighted by Crippen LogP contribution is -2.56. The number of fused-ring (bicyclic) bond motifs is 1. The van der Waals surface area contributed by atoms with Crippen LogP contribution in [0.3, 0.4) is 0 Å². The van der Waals surface area contributed by atoms with Gasteiger partial charge in [0.25, 0.3) is 5.91 Å². The summed E-state index contributed by atoms with van der Waals surface area (Å²) in [7, 11) is 0. The smallest absolute Gasteiger partial charge is 0.256 e. The second kappa shape index (κ2) is 12.3. The second-order valence-corrected chi connectivity index (χ2v) is 12.3. The number of hydrogen-bond donors (Lipinski definition) is 2. The van der Waals surface area contributed by atoms with Crippen LogP contribution in [0.25, 0.3) is 10.9 Å². The monoisotopic (exact) mass is 612 g/mol. The number of amides is 2. The van der Waals surface area contributed by atoms with Crippen LogP contribution >= 0.6 is 11.6 Å². The average Bonchev–Trinajstić information content (AvgIpc) is 3.56. The number of rotatable bonds is 7. The van der Waals surface area contributed by atoms with Gasteiger partial charge in [-0.1, -0.05) is 23.7 Å². The Kier molecular flexibility index (Phi) is 8.53. The molecule has 0 bridgehead atoms. The highest BCUT2D eigenvalue weighted by molar-refractivity contribution is 6.31. The Morgan fingerprint density at radius 3 is 2.47 bits per heavy atom. The summed E-state index contributed by atoms with van der Waals surface area (Å²) in [6.45, 7) is 2.85. The van der Waals surface area contributed by atoms with E-state index in [4.69, 9.17) is 16.3 Å². The third-order valence-electron chi connectivity index (χ3n) is 9.37. The maximum absolute atomic E-state index is 14.4. The summed E-state index contributed by atoms with van der Waals surface area (Å²) in [5.74, 6) is -0.758. The van der Waals surface area contributed by atoms with Crippen LogP contribution in [-0.4, -0.2) is 79.2 Å². The van der Waals surface area contributed by atoms with Crippen molar-refractivity contribution < 1.29 is 27.9 Å². The van der Waals surface area contributed by atoms with Crippen molar-refractivity contribution in [1.82, 2.24) is 20.1 Å². The number of likely N-dealkylation sites (tertiary alicyclic amines) is 1. The molecule has 3 fully saturated rings. The lowest BCUT2D eigenvalue weighted by atomic mass is 9.71. The van der Waals surface area contributed by atoms with Crippen molar-refractivity contribution in [2.24, 2.45) is 5.92 Å². The molecule has 1 aromatic heterocycles. The second-order valence-electron chi connectivity index (χ2n) is 11.8. The van der Waals surface area contributed by atoms with Gasteiger partial charge in [0.1, 0.15) is 12.0 Å².